The molecule has 3 rings (SSSR count). The molecule has 0 N–H and O–H groups in total. The van der Waals surface area contributed by atoms with Crippen LogP contribution >= 0.6 is 11.8 Å². The molecule has 0 amide bonds. The maximum absolute atomic E-state index is 13.0. The normalized spacial score (nSPS) is 11.1. The van der Waals surface area contributed by atoms with E-state index >= 15 is 0 Å². The maximum Gasteiger partial charge on any atom is 0.267 e. The molecule has 0 spiro atoms. The molecule has 0 fully saturated rings. The molecule has 0 bridgehead atoms. The average Bonchev–Trinajstić information content (AvgIpc) is 2.59. The molecule has 0 aliphatic heterocycles. The lowest BCUT2D eigenvalue weighted by Gasteiger charge is -2.12. The van der Waals surface area contributed by atoms with Crippen LogP contribution in [0.4, 0.5) is 0 Å². The molecule has 0 aliphatic carbocycles. The first kappa shape index (κ1) is 16.7. The molecule has 6 heteroatoms. The summed E-state index contributed by atoms with van der Waals surface area (Å²) in [6.07, 6.45) is 1.71. The molecule has 0 saturated heterocycles. The first-order valence-electron chi connectivity index (χ1n) is 7.86. The SMILES string of the molecule is CCOCCSc1nc2ccccc2c(=O)n1-c1cc(C)ccn1. The van der Waals surface area contributed by atoms with Gasteiger partial charge in [0.05, 0.1) is 17.5 Å². The third-order valence-electron chi connectivity index (χ3n) is 3.54. The van der Waals surface area contributed by atoms with Crippen molar-refractivity contribution in [3.05, 3.63) is 58.5 Å². The fourth-order valence-electron chi connectivity index (χ4n) is 2.39. The predicted molar refractivity (Wildman–Crippen MR) is 97.1 cm³/mol. The zero-order chi connectivity index (χ0) is 16.9. The topological polar surface area (TPSA) is 57.0 Å². The van der Waals surface area contributed by atoms with Crippen LogP contribution in [0.5, 0.6) is 0 Å². The Bertz CT molecular complexity index is 908. The lowest BCUT2D eigenvalue weighted by Crippen LogP contribution is -2.23. The Hall–Kier alpha value is -2.18. The zero-order valence-corrected chi connectivity index (χ0v) is 14.5. The number of ether oxygens (including phenoxy) is 1. The highest BCUT2D eigenvalue weighted by Gasteiger charge is 2.14. The van der Waals surface area contributed by atoms with Crippen LogP contribution < -0.4 is 5.56 Å². The fraction of sp³-hybridized carbons (Fsp3) is 0.278. The third kappa shape index (κ3) is 3.49. The number of benzene rings is 1. The Morgan fingerprint density at radius 1 is 1.25 bits per heavy atom. The minimum absolute atomic E-state index is 0.0994. The third-order valence-corrected chi connectivity index (χ3v) is 4.44. The van der Waals surface area contributed by atoms with Gasteiger partial charge in [-0.2, -0.15) is 0 Å². The van der Waals surface area contributed by atoms with Crippen LogP contribution in [0.2, 0.25) is 0 Å². The van der Waals surface area contributed by atoms with Gasteiger partial charge in [0.15, 0.2) is 5.16 Å². The van der Waals surface area contributed by atoms with Gasteiger partial charge in [-0.25, -0.2) is 14.5 Å². The van der Waals surface area contributed by atoms with E-state index in [4.69, 9.17) is 4.74 Å². The van der Waals surface area contributed by atoms with Crippen molar-refractivity contribution in [1.29, 1.82) is 0 Å². The quantitative estimate of drug-likeness (QED) is 0.391. The van der Waals surface area contributed by atoms with E-state index in [1.165, 1.54) is 11.8 Å². The largest absolute Gasteiger partial charge is 0.381 e. The summed E-state index contributed by atoms with van der Waals surface area (Å²) >= 11 is 1.50. The van der Waals surface area contributed by atoms with E-state index in [9.17, 15) is 4.79 Å². The van der Waals surface area contributed by atoms with Crippen LogP contribution in [0.1, 0.15) is 12.5 Å². The second-order valence-corrected chi connectivity index (χ2v) is 6.35. The van der Waals surface area contributed by atoms with E-state index in [0.29, 0.717) is 35.1 Å². The van der Waals surface area contributed by atoms with Crippen LogP contribution in [0.25, 0.3) is 16.7 Å². The Morgan fingerprint density at radius 3 is 2.88 bits per heavy atom. The molecule has 124 valence electrons. The molecule has 5 nitrogen and oxygen atoms in total. The number of thioether (sulfide) groups is 1. The number of rotatable bonds is 6. The fourth-order valence-corrected chi connectivity index (χ4v) is 3.24. The number of aromatic nitrogens is 3. The zero-order valence-electron chi connectivity index (χ0n) is 13.7. The number of pyridine rings is 1. The first-order chi connectivity index (χ1) is 11.7. The van der Waals surface area contributed by atoms with Crippen molar-refractivity contribution in [2.24, 2.45) is 0 Å². The van der Waals surface area contributed by atoms with Gasteiger partial charge in [-0.15, -0.1) is 0 Å². The van der Waals surface area contributed by atoms with Crippen molar-refractivity contribution >= 4 is 22.7 Å². The summed E-state index contributed by atoms with van der Waals surface area (Å²) in [5.74, 6) is 1.32. The van der Waals surface area contributed by atoms with Gasteiger partial charge < -0.3 is 4.74 Å². The molecule has 24 heavy (non-hydrogen) atoms. The van der Waals surface area contributed by atoms with E-state index in [1.807, 2.05) is 44.2 Å². The monoisotopic (exact) mass is 341 g/mol. The van der Waals surface area contributed by atoms with Crippen LogP contribution in [0.15, 0.2) is 52.5 Å². The number of aryl methyl sites for hydroxylation is 1. The first-order valence-corrected chi connectivity index (χ1v) is 8.84. The summed E-state index contributed by atoms with van der Waals surface area (Å²) in [6.45, 7) is 5.24. The van der Waals surface area contributed by atoms with Gasteiger partial charge in [0.25, 0.3) is 5.56 Å². The summed E-state index contributed by atoms with van der Waals surface area (Å²) in [5, 5.41) is 1.23. The van der Waals surface area contributed by atoms with Gasteiger partial charge in [-0.05, 0) is 43.7 Å². The summed E-state index contributed by atoms with van der Waals surface area (Å²) in [4.78, 5) is 22.0. The molecule has 2 heterocycles. The van der Waals surface area contributed by atoms with E-state index in [2.05, 4.69) is 9.97 Å². The molecule has 0 atom stereocenters. The van der Waals surface area contributed by atoms with Crippen molar-refractivity contribution in [2.75, 3.05) is 19.0 Å². The predicted octanol–water partition coefficient (Wildman–Crippen LogP) is 3.22. The number of nitrogens with zero attached hydrogens (tertiary/aromatic N) is 3. The lowest BCUT2D eigenvalue weighted by molar-refractivity contribution is 0.164. The van der Waals surface area contributed by atoms with Crippen molar-refractivity contribution in [3.63, 3.8) is 0 Å². The summed E-state index contributed by atoms with van der Waals surface area (Å²) in [5.41, 5.74) is 1.65. The van der Waals surface area contributed by atoms with Crippen molar-refractivity contribution in [2.45, 2.75) is 19.0 Å². The smallest absolute Gasteiger partial charge is 0.267 e. The van der Waals surface area contributed by atoms with Crippen molar-refractivity contribution in [1.82, 2.24) is 14.5 Å². The molecule has 1 aromatic carbocycles. The molecule has 0 radical (unpaired) electrons. The van der Waals surface area contributed by atoms with Gasteiger partial charge in [0.2, 0.25) is 0 Å². The Kier molecular flexibility index (Phi) is 5.27. The number of para-hydroxylation sites is 1. The van der Waals surface area contributed by atoms with Gasteiger partial charge in [0.1, 0.15) is 5.82 Å². The number of hydrogen-bond donors (Lipinski definition) is 0. The van der Waals surface area contributed by atoms with Crippen molar-refractivity contribution < 1.29 is 4.74 Å². The van der Waals surface area contributed by atoms with Gasteiger partial charge >= 0.3 is 0 Å². The van der Waals surface area contributed by atoms with E-state index in [-0.39, 0.29) is 5.56 Å². The minimum atomic E-state index is -0.0994. The molecular formula is C18H19N3O2S. The highest BCUT2D eigenvalue weighted by molar-refractivity contribution is 7.99. The lowest BCUT2D eigenvalue weighted by atomic mass is 10.2. The van der Waals surface area contributed by atoms with Gasteiger partial charge in [-0.1, -0.05) is 23.9 Å². The minimum Gasteiger partial charge on any atom is -0.381 e. The van der Waals surface area contributed by atoms with E-state index < -0.39 is 0 Å². The van der Waals surface area contributed by atoms with Gasteiger partial charge in [-0.3, -0.25) is 4.79 Å². The summed E-state index contributed by atoms with van der Waals surface area (Å²) in [6, 6.07) is 11.2. The molecule has 0 unspecified atom stereocenters. The van der Waals surface area contributed by atoms with Crippen LogP contribution in [0.3, 0.4) is 0 Å². The molecular weight excluding hydrogens is 322 g/mol. The highest BCUT2D eigenvalue weighted by Crippen LogP contribution is 2.20. The van der Waals surface area contributed by atoms with Gasteiger partial charge in [0, 0.05) is 18.6 Å². The Morgan fingerprint density at radius 2 is 2.08 bits per heavy atom. The highest BCUT2D eigenvalue weighted by atomic mass is 32.2. The van der Waals surface area contributed by atoms with E-state index in [0.717, 1.165) is 11.3 Å². The standard InChI is InChI=1S/C18H19N3O2S/c1-3-23-10-11-24-18-20-15-7-5-4-6-14(15)17(22)21(18)16-12-13(2)8-9-19-16/h4-9,12H,3,10-11H2,1-2H3. The molecule has 2 aromatic heterocycles. The van der Waals surface area contributed by atoms with Crippen molar-refractivity contribution in [3.8, 4) is 5.82 Å². The molecule has 0 aliphatic rings. The summed E-state index contributed by atoms with van der Waals surface area (Å²) < 4.78 is 6.98. The molecule has 3 aromatic rings. The number of hydrogen-bond acceptors (Lipinski definition) is 5. The maximum atomic E-state index is 13.0. The second kappa shape index (κ2) is 7.59. The second-order valence-electron chi connectivity index (χ2n) is 5.29. The average molecular weight is 341 g/mol. The summed E-state index contributed by atoms with van der Waals surface area (Å²) in [7, 11) is 0. The number of fused-ring (bicyclic) bond motifs is 1. The van der Waals surface area contributed by atoms with Crippen LogP contribution in [-0.4, -0.2) is 33.5 Å². The van der Waals surface area contributed by atoms with Crippen LogP contribution in [0, 0.1) is 6.92 Å². The van der Waals surface area contributed by atoms with E-state index in [1.54, 1.807) is 16.8 Å². The van der Waals surface area contributed by atoms with Crippen LogP contribution in [-0.2, 0) is 4.74 Å². The molecule has 0 saturated carbocycles. The Balaban J connectivity index is 2.12. The Labute approximate surface area is 144 Å².